The average molecular weight is 136 g/mol. The molecule has 1 heterocycles. The van der Waals surface area contributed by atoms with Crippen molar-refractivity contribution in [3.05, 3.63) is 22.7 Å². The highest BCUT2D eigenvalue weighted by Crippen LogP contribution is 2.14. The van der Waals surface area contributed by atoms with Gasteiger partial charge in [-0.15, -0.1) is 5.10 Å². The predicted octanol–water partition coefficient (Wildman–Crippen LogP) is 1.00. The molecule has 6 heteroatoms. The van der Waals surface area contributed by atoms with E-state index in [2.05, 4.69) is 20.2 Å². The molecule has 1 aromatic heterocycles. The molecule has 0 radical (unpaired) electrons. The van der Waals surface area contributed by atoms with Gasteiger partial charge in [0.05, 0.1) is 11.9 Å². The number of hydrogen-bond acceptors (Lipinski definition) is 4. The minimum Gasteiger partial charge on any atom is -0.397 e. The first-order valence-corrected chi connectivity index (χ1v) is 2.47. The van der Waals surface area contributed by atoms with Gasteiger partial charge < -0.3 is 5.73 Å². The van der Waals surface area contributed by atoms with Crippen molar-refractivity contribution in [3.8, 4) is 0 Å². The van der Waals surface area contributed by atoms with Gasteiger partial charge >= 0.3 is 0 Å². The van der Waals surface area contributed by atoms with Gasteiger partial charge in [-0.1, -0.05) is 0 Å². The molecular formula is C4H4N6. The lowest BCUT2D eigenvalue weighted by Crippen LogP contribution is -1.88. The van der Waals surface area contributed by atoms with Gasteiger partial charge in [0.2, 0.25) is 0 Å². The van der Waals surface area contributed by atoms with Crippen LogP contribution in [-0.4, -0.2) is 10.2 Å². The van der Waals surface area contributed by atoms with Crippen LogP contribution >= 0.6 is 0 Å². The van der Waals surface area contributed by atoms with Gasteiger partial charge in [-0.25, -0.2) is 0 Å². The fraction of sp³-hybridized carbons (Fsp3) is 0. The lowest BCUT2D eigenvalue weighted by molar-refractivity contribution is 1.02. The number of hydrogen-bond donors (Lipinski definition) is 1. The Bertz CT molecular complexity index is 275. The topological polar surface area (TPSA) is 101 Å². The maximum absolute atomic E-state index is 7.98. The maximum atomic E-state index is 7.98. The summed E-state index contributed by atoms with van der Waals surface area (Å²) in [6.07, 6.45) is 1.42. The molecule has 6 nitrogen and oxygen atoms in total. The summed E-state index contributed by atoms with van der Waals surface area (Å²) in [6, 6.07) is 1.51. The summed E-state index contributed by atoms with van der Waals surface area (Å²) in [6.45, 7) is 0. The highest BCUT2D eigenvalue weighted by molar-refractivity contribution is 5.55. The second-order valence-electron chi connectivity index (χ2n) is 1.50. The molecule has 10 heavy (non-hydrogen) atoms. The second kappa shape index (κ2) is 2.65. The van der Waals surface area contributed by atoms with E-state index in [0.29, 0.717) is 5.69 Å². The lowest BCUT2D eigenvalue weighted by atomic mass is 10.5. The van der Waals surface area contributed by atoms with Gasteiger partial charge in [-0.05, 0) is 16.7 Å². The molecule has 2 N–H and O–H groups in total. The number of nitrogens with zero attached hydrogens (tertiary/aromatic N) is 5. The van der Waals surface area contributed by atoms with E-state index in [1.54, 1.807) is 0 Å². The number of aromatic nitrogens is 2. The molecule has 0 aliphatic rings. The largest absolute Gasteiger partial charge is 0.397 e. The minimum absolute atomic E-state index is 0.116. The molecular weight excluding hydrogens is 132 g/mol. The molecule has 0 spiro atoms. The molecule has 1 aromatic rings. The van der Waals surface area contributed by atoms with Gasteiger partial charge in [-0.3, -0.25) is 0 Å². The van der Waals surface area contributed by atoms with E-state index in [9.17, 15) is 0 Å². The Morgan fingerprint density at radius 2 is 2.50 bits per heavy atom. The standard InChI is InChI=1S/C4H4N6/c5-3-1-2-7-8-4(3)9-10-6/h1-2H,(H2,5,7). The van der Waals surface area contributed by atoms with Crippen molar-refractivity contribution in [3.63, 3.8) is 0 Å². The summed E-state index contributed by atoms with van der Waals surface area (Å²) in [5, 5.41) is 10.1. The van der Waals surface area contributed by atoms with Crippen LogP contribution in [0.4, 0.5) is 11.5 Å². The smallest absolute Gasteiger partial charge is 0.172 e. The average Bonchev–Trinajstić information content (AvgIpc) is 1.94. The summed E-state index contributed by atoms with van der Waals surface area (Å²) in [5.41, 5.74) is 13.6. The van der Waals surface area contributed by atoms with Crippen LogP contribution in [0.2, 0.25) is 0 Å². The molecule has 0 saturated heterocycles. The zero-order chi connectivity index (χ0) is 7.40. The van der Waals surface area contributed by atoms with Crippen molar-refractivity contribution in [1.29, 1.82) is 0 Å². The fourth-order valence-electron chi connectivity index (χ4n) is 0.454. The molecule has 0 fully saturated rings. The van der Waals surface area contributed by atoms with Crippen molar-refractivity contribution in [2.75, 3.05) is 5.73 Å². The molecule has 0 unspecified atom stereocenters. The third-order valence-electron chi connectivity index (χ3n) is 0.871. The van der Waals surface area contributed by atoms with Crippen LogP contribution in [0.5, 0.6) is 0 Å². The Labute approximate surface area is 56.3 Å². The van der Waals surface area contributed by atoms with Gasteiger partial charge in [0, 0.05) is 4.91 Å². The predicted molar refractivity (Wildman–Crippen MR) is 35.3 cm³/mol. The van der Waals surface area contributed by atoms with E-state index in [1.807, 2.05) is 0 Å². The number of azide groups is 1. The molecule has 50 valence electrons. The number of anilines is 1. The van der Waals surface area contributed by atoms with Crippen LogP contribution in [0.1, 0.15) is 0 Å². The van der Waals surface area contributed by atoms with E-state index in [-0.39, 0.29) is 5.82 Å². The highest BCUT2D eigenvalue weighted by Gasteiger charge is 1.93. The fourth-order valence-corrected chi connectivity index (χ4v) is 0.454. The van der Waals surface area contributed by atoms with Crippen LogP contribution in [0.15, 0.2) is 17.4 Å². The highest BCUT2D eigenvalue weighted by atomic mass is 15.2. The molecule has 1 rings (SSSR count). The summed E-state index contributed by atoms with van der Waals surface area (Å²) >= 11 is 0. The Balaban J connectivity index is 3.14. The summed E-state index contributed by atoms with van der Waals surface area (Å²) in [7, 11) is 0. The Morgan fingerprint density at radius 1 is 1.70 bits per heavy atom. The quantitative estimate of drug-likeness (QED) is 0.354. The normalized spacial score (nSPS) is 8.40. The molecule has 0 aliphatic heterocycles. The van der Waals surface area contributed by atoms with E-state index < -0.39 is 0 Å². The monoisotopic (exact) mass is 136 g/mol. The summed E-state index contributed by atoms with van der Waals surface area (Å²) < 4.78 is 0. The van der Waals surface area contributed by atoms with E-state index in [1.165, 1.54) is 12.3 Å². The SMILES string of the molecule is [N-]=[N+]=Nc1nnccc1N. The van der Waals surface area contributed by atoms with Crippen molar-refractivity contribution >= 4 is 11.5 Å². The second-order valence-corrected chi connectivity index (χ2v) is 1.50. The lowest BCUT2D eigenvalue weighted by Gasteiger charge is -1.91. The van der Waals surface area contributed by atoms with Crippen molar-refractivity contribution in [2.45, 2.75) is 0 Å². The van der Waals surface area contributed by atoms with Crippen LogP contribution in [-0.2, 0) is 0 Å². The molecule has 0 bridgehead atoms. The summed E-state index contributed by atoms with van der Waals surface area (Å²) in [5.74, 6) is 0.116. The zero-order valence-corrected chi connectivity index (χ0v) is 4.97. The zero-order valence-electron chi connectivity index (χ0n) is 4.97. The van der Waals surface area contributed by atoms with E-state index >= 15 is 0 Å². The van der Waals surface area contributed by atoms with E-state index in [0.717, 1.165) is 0 Å². The van der Waals surface area contributed by atoms with Crippen LogP contribution in [0, 0.1) is 0 Å². The van der Waals surface area contributed by atoms with Crippen molar-refractivity contribution in [2.24, 2.45) is 5.11 Å². The third-order valence-corrected chi connectivity index (χ3v) is 0.871. The first kappa shape index (κ1) is 6.31. The number of nitrogens with two attached hydrogens (primary N) is 1. The van der Waals surface area contributed by atoms with Crippen LogP contribution in [0.25, 0.3) is 10.4 Å². The molecule has 0 amide bonds. The first-order chi connectivity index (χ1) is 4.84. The Morgan fingerprint density at radius 3 is 3.10 bits per heavy atom. The van der Waals surface area contributed by atoms with Gasteiger partial charge in [0.25, 0.3) is 0 Å². The molecule has 0 atom stereocenters. The minimum atomic E-state index is 0.116. The Hall–Kier alpha value is -1.81. The van der Waals surface area contributed by atoms with E-state index in [4.69, 9.17) is 11.3 Å². The molecule has 0 saturated carbocycles. The van der Waals surface area contributed by atoms with Crippen molar-refractivity contribution in [1.82, 2.24) is 10.2 Å². The van der Waals surface area contributed by atoms with Gasteiger partial charge in [0.15, 0.2) is 5.82 Å². The number of nitrogen functional groups attached to an aromatic ring is 1. The Kier molecular flexibility index (Phi) is 1.67. The molecule has 0 aliphatic carbocycles. The third kappa shape index (κ3) is 1.12. The van der Waals surface area contributed by atoms with Crippen molar-refractivity contribution < 1.29 is 0 Å². The van der Waals surface area contributed by atoms with Crippen LogP contribution < -0.4 is 5.73 Å². The number of rotatable bonds is 1. The summed E-state index contributed by atoms with van der Waals surface area (Å²) in [4.78, 5) is 2.51. The van der Waals surface area contributed by atoms with Gasteiger partial charge in [-0.2, -0.15) is 5.10 Å². The maximum Gasteiger partial charge on any atom is 0.172 e. The first-order valence-electron chi connectivity index (χ1n) is 2.47. The van der Waals surface area contributed by atoms with Crippen LogP contribution in [0.3, 0.4) is 0 Å². The molecule has 0 aromatic carbocycles. The van der Waals surface area contributed by atoms with Gasteiger partial charge in [0.1, 0.15) is 0 Å².